The van der Waals surface area contributed by atoms with Crippen LogP contribution < -0.4 is 0 Å². The molecule has 102 valence electrons. The highest BCUT2D eigenvalue weighted by Crippen LogP contribution is 2.36. The Morgan fingerprint density at radius 1 is 0.765 bits per heavy atom. The van der Waals surface area contributed by atoms with E-state index in [1.54, 1.807) is 0 Å². The van der Waals surface area contributed by atoms with E-state index < -0.39 is 5.97 Å². The van der Waals surface area contributed by atoms with E-state index >= 15 is 0 Å². The monoisotopic (exact) mass is 244 g/mol. The summed E-state index contributed by atoms with van der Waals surface area (Å²) in [7, 11) is 0. The van der Waals surface area contributed by atoms with Crippen molar-refractivity contribution >= 4 is 0 Å². The second-order valence-electron chi connectivity index (χ2n) is 4.59. The SMILES string of the molecule is CCOC(OCC)(OCC)C1CCCCCC1. The molecule has 0 amide bonds. The van der Waals surface area contributed by atoms with Crippen LogP contribution in [0.1, 0.15) is 59.3 Å². The molecule has 0 aromatic carbocycles. The van der Waals surface area contributed by atoms with Crippen molar-refractivity contribution in [1.29, 1.82) is 0 Å². The van der Waals surface area contributed by atoms with Crippen molar-refractivity contribution in [2.75, 3.05) is 19.8 Å². The zero-order valence-electron chi connectivity index (χ0n) is 11.7. The lowest BCUT2D eigenvalue weighted by Crippen LogP contribution is -2.46. The fourth-order valence-corrected chi connectivity index (χ4v) is 2.72. The molecule has 0 saturated heterocycles. The Bertz CT molecular complexity index is 169. The fraction of sp³-hybridized carbons (Fsp3) is 1.00. The van der Waals surface area contributed by atoms with Gasteiger partial charge >= 0.3 is 0 Å². The largest absolute Gasteiger partial charge is 0.328 e. The minimum absolute atomic E-state index is 0.379. The van der Waals surface area contributed by atoms with Crippen LogP contribution in [0.2, 0.25) is 0 Å². The molecular weight excluding hydrogens is 216 g/mol. The van der Waals surface area contributed by atoms with Crippen LogP contribution in [0.4, 0.5) is 0 Å². The van der Waals surface area contributed by atoms with Gasteiger partial charge in [0.1, 0.15) is 0 Å². The molecule has 0 aromatic heterocycles. The van der Waals surface area contributed by atoms with Gasteiger partial charge in [-0.3, -0.25) is 0 Å². The van der Waals surface area contributed by atoms with Crippen molar-refractivity contribution < 1.29 is 14.2 Å². The Morgan fingerprint density at radius 2 is 1.18 bits per heavy atom. The van der Waals surface area contributed by atoms with Gasteiger partial charge in [-0.15, -0.1) is 0 Å². The van der Waals surface area contributed by atoms with Crippen molar-refractivity contribution in [1.82, 2.24) is 0 Å². The van der Waals surface area contributed by atoms with Crippen molar-refractivity contribution in [2.24, 2.45) is 5.92 Å². The van der Waals surface area contributed by atoms with Gasteiger partial charge in [-0.2, -0.15) is 0 Å². The molecule has 17 heavy (non-hydrogen) atoms. The molecule has 0 heterocycles. The summed E-state index contributed by atoms with van der Waals surface area (Å²) < 4.78 is 17.6. The molecule has 0 N–H and O–H groups in total. The summed E-state index contributed by atoms with van der Waals surface area (Å²) in [6.45, 7) is 7.92. The summed E-state index contributed by atoms with van der Waals surface area (Å²) >= 11 is 0. The predicted molar refractivity (Wildman–Crippen MR) is 68.8 cm³/mol. The molecule has 3 nitrogen and oxygen atoms in total. The average Bonchev–Trinajstić information content (AvgIpc) is 2.58. The van der Waals surface area contributed by atoms with Crippen LogP contribution in [0.25, 0.3) is 0 Å². The maximum absolute atomic E-state index is 5.86. The Morgan fingerprint density at radius 3 is 1.53 bits per heavy atom. The summed E-state index contributed by atoms with van der Waals surface area (Å²) in [5.74, 6) is -0.410. The topological polar surface area (TPSA) is 27.7 Å². The van der Waals surface area contributed by atoms with E-state index in [9.17, 15) is 0 Å². The maximum Gasteiger partial charge on any atom is 0.285 e. The van der Waals surface area contributed by atoms with Crippen molar-refractivity contribution in [2.45, 2.75) is 65.3 Å². The Hall–Kier alpha value is -0.120. The summed E-state index contributed by atoms with van der Waals surface area (Å²) in [5, 5.41) is 0. The highest BCUT2D eigenvalue weighted by Gasteiger charge is 2.41. The maximum atomic E-state index is 5.86. The van der Waals surface area contributed by atoms with Crippen LogP contribution in [-0.2, 0) is 14.2 Å². The highest BCUT2D eigenvalue weighted by molar-refractivity contribution is 4.74. The highest BCUT2D eigenvalue weighted by atomic mass is 16.9. The molecule has 1 aliphatic carbocycles. The van der Waals surface area contributed by atoms with E-state index in [2.05, 4.69) is 0 Å². The molecule has 1 fully saturated rings. The van der Waals surface area contributed by atoms with E-state index in [0.29, 0.717) is 25.7 Å². The quantitative estimate of drug-likeness (QED) is 0.504. The van der Waals surface area contributed by atoms with Gasteiger partial charge in [-0.05, 0) is 33.6 Å². The van der Waals surface area contributed by atoms with Gasteiger partial charge in [-0.25, -0.2) is 0 Å². The van der Waals surface area contributed by atoms with Gasteiger partial charge in [0.05, 0.1) is 0 Å². The Kier molecular flexibility index (Phi) is 7.09. The van der Waals surface area contributed by atoms with Crippen LogP contribution in [-0.4, -0.2) is 25.8 Å². The Labute approximate surface area is 106 Å². The normalized spacial score (nSPS) is 19.2. The molecule has 0 atom stereocenters. The molecule has 0 spiro atoms. The third kappa shape index (κ3) is 4.23. The standard InChI is InChI=1S/C14H28O3/c1-4-15-14(16-5-2,17-6-3)13-11-9-7-8-10-12-13/h13H,4-12H2,1-3H3. The third-order valence-electron chi connectivity index (χ3n) is 3.39. The molecule has 0 radical (unpaired) electrons. The van der Waals surface area contributed by atoms with Crippen molar-refractivity contribution in [3.63, 3.8) is 0 Å². The molecule has 1 rings (SSSR count). The van der Waals surface area contributed by atoms with Crippen LogP contribution in [0.3, 0.4) is 0 Å². The summed E-state index contributed by atoms with van der Waals surface area (Å²) in [6.07, 6.45) is 7.49. The summed E-state index contributed by atoms with van der Waals surface area (Å²) in [6, 6.07) is 0. The summed E-state index contributed by atoms with van der Waals surface area (Å²) in [5.41, 5.74) is 0. The second kappa shape index (κ2) is 8.06. The molecule has 1 saturated carbocycles. The average molecular weight is 244 g/mol. The predicted octanol–water partition coefficient (Wildman–Crippen LogP) is 3.72. The van der Waals surface area contributed by atoms with E-state index in [-0.39, 0.29) is 0 Å². The van der Waals surface area contributed by atoms with E-state index in [4.69, 9.17) is 14.2 Å². The van der Waals surface area contributed by atoms with Crippen molar-refractivity contribution in [3.05, 3.63) is 0 Å². The van der Waals surface area contributed by atoms with E-state index in [1.165, 1.54) is 25.7 Å². The van der Waals surface area contributed by atoms with Gasteiger partial charge in [0.25, 0.3) is 5.97 Å². The molecule has 1 aliphatic rings. The smallest absolute Gasteiger partial charge is 0.285 e. The molecule has 0 aliphatic heterocycles. The fourth-order valence-electron chi connectivity index (χ4n) is 2.72. The van der Waals surface area contributed by atoms with Crippen LogP contribution in [0.15, 0.2) is 0 Å². The summed E-state index contributed by atoms with van der Waals surface area (Å²) in [4.78, 5) is 0. The number of rotatable bonds is 7. The van der Waals surface area contributed by atoms with Crippen LogP contribution in [0, 0.1) is 5.92 Å². The zero-order chi connectivity index (χ0) is 12.6. The molecule has 0 aromatic rings. The van der Waals surface area contributed by atoms with Crippen molar-refractivity contribution in [3.8, 4) is 0 Å². The first kappa shape index (κ1) is 14.9. The minimum atomic E-state index is -0.789. The van der Waals surface area contributed by atoms with Gasteiger partial charge in [0.2, 0.25) is 0 Å². The number of hydrogen-bond acceptors (Lipinski definition) is 3. The zero-order valence-corrected chi connectivity index (χ0v) is 11.7. The van der Waals surface area contributed by atoms with Gasteiger partial charge in [0, 0.05) is 25.7 Å². The lowest BCUT2D eigenvalue weighted by molar-refractivity contribution is -0.403. The molecule has 0 bridgehead atoms. The minimum Gasteiger partial charge on any atom is -0.328 e. The first-order valence-corrected chi connectivity index (χ1v) is 7.20. The first-order chi connectivity index (χ1) is 8.29. The third-order valence-corrected chi connectivity index (χ3v) is 3.39. The first-order valence-electron chi connectivity index (χ1n) is 7.20. The van der Waals surface area contributed by atoms with Gasteiger partial charge in [0.15, 0.2) is 0 Å². The van der Waals surface area contributed by atoms with Gasteiger partial charge in [-0.1, -0.05) is 25.7 Å². The Balaban J connectivity index is 2.75. The van der Waals surface area contributed by atoms with E-state index in [1.807, 2.05) is 20.8 Å². The molecule has 0 unspecified atom stereocenters. The number of ether oxygens (including phenoxy) is 3. The lowest BCUT2D eigenvalue weighted by Gasteiger charge is -2.38. The van der Waals surface area contributed by atoms with Crippen LogP contribution >= 0.6 is 0 Å². The van der Waals surface area contributed by atoms with Gasteiger partial charge < -0.3 is 14.2 Å². The molecule has 3 heteroatoms. The molecular formula is C14H28O3. The number of hydrogen-bond donors (Lipinski definition) is 0. The lowest BCUT2D eigenvalue weighted by atomic mass is 9.97. The van der Waals surface area contributed by atoms with Crippen LogP contribution in [0.5, 0.6) is 0 Å². The van der Waals surface area contributed by atoms with E-state index in [0.717, 1.165) is 12.8 Å². The second-order valence-corrected chi connectivity index (χ2v) is 4.59.